The van der Waals surface area contributed by atoms with E-state index in [1.165, 1.54) is 12.8 Å². The lowest BCUT2D eigenvalue weighted by atomic mass is 10.2. The lowest BCUT2D eigenvalue weighted by Gasteiger charge is -1.98. The van der Waals surface area contributed by atoms with E-state index in [0.717, 1.165) is 16.6 Å². The number of hydrogen-bond acceptors (Lipinski definition) is 2. The third-order valence-electron chi connectivity index (χ3n) is 2.65. The lowest BCUT2D eigenvalue weighted by molar-refractivity contribution is 0.766. The Morgan fingerprint density at radius 1 is 1.50 bits per heavy atom. The standard InChI is InChI=1S/C11H9N3/c12-6-8-7-14(9-3-4-9)11-10(8)2-1-5-13-11/h1-2,5,7,9H,3-4H2. The molecule has 2 aromatic rings. The number of hydrogen-bond donors (Lipinski definition) is 0. The quantitative estimate of drug-likeness (QED) is 0.680. The fourth-order valence-corrected chi connectivity index (χ4v) is 1.80. The molecule has 0 aliphatic heterocycles. The molecule has 14 heavy (non-hydrogen) atoms. The first-order chi connectivity index (χ1) is 6.90. The van der Waals surface area contributed by atoms with Crippen LogP contribution in [0.4, 0.5) is 0 Å². The van der Waals surface area contributed by atoms with Crippen LogP contribution in [0.2, 0.25) is 0 Å². The molecule has 0 spiro atoms. The van der Waals surface area contributed by atoms with Gasteiger partial charge in [-0.2, -0.15) is 5.26 Å². The molecule has 68 valence electrons. The molecule has 0 atom stereocenters. The summed E-state index contributed by atoms with van der Waals surface area (Å²) >= 11 is 0. The van der Waals surface area contributed by atoms with Gasteiger partial charge in [0.15, 0.2) is 0 Å². The molecule has 3 rings (SSSR count). The molecule has 1 saturated carbocycles. The third kappa shape index (κ3) is 0.942. The molecule has 1 aliphatic carbocycles. The monoisotopic (exact) mass is 183 g/mol. The first-order valence-corrected chi connectivity index (χ1v) is 4.76. The zero-order chi connectivity index (χ0) is 9.54. The minimum atomic E-state index is 0.578. The van der Waals surface area contributed by atoms with Gasteiger partial charge in [-0.3, -0.25) is 0 Å². The predicted molar refractivity (Wildman–Crippen MR) is 52.7 cm³/mol. The summed E-state index contributed by atoms with van der Waals surface area (Å²) in [6.07, 6.45) is 6.13. The molecule has 0 saturated heterocycles. The van der Waals surface area contributed by atoms with Gasteiger partial charge in [0.1, 0.15) is 11.7 Å². The highest BCUT2D eigenvalue weighted by Gasteiger charge is 2.26. The molecule has 0 aromatic carbocycles. The van der Waals surface area contributed by atoms with Crippen LogP contribution in [0, 0.1) is 11.3 Å². The molecule has 0 N–H and O–H groups in total. The summed E-state index contributed by atoms with van der Waals surface area (Å²) < 4.78 is 2.13. The second-order valence-corrected chi connectivity index (χ2v) is 3.67. The summed E-state index contributed by atoms with van der Waals surface area (Å²) in [4.78, 5) is 4.32. The summed E-state index contributed by atoms with van der Waals surface area (Å²) in [5.41, 5.74) is 1.69. The van der Waals surface area contributed by atoms with Crippen molar-refractivity contribution in [3.05, 3.63) is 30.1 Å². The molecular weight excluding hydrogens is 174 g/mol. The van der Waals surface area contributed by atoms with Gasteiger partial charge >= 0.3 is 0 Å². The summed E-state index contributed by atoms with van der Waals surface area (Å²) in [6, 6.07) is 6.62. The molecule has 0 amide bonds. The van der Waals surface area contributed by atoms with E-state index >= 15 is 0 Å². The zero-order valence-electron chi connectivity index (χ0n) is 7.64. The highest BCUT2D eigenvalue weighted by molar-refractivity contribution is 5.83. The summed E-state index contributed by atoms with van der Waals surface area (Å²) in [5.74, 6) is 0. The Hall–Kier alpha value is -1.82. The second-order valence-electron chi connectivity index (χ2n) is 3.67. The topological polar surface area (TPSA) is 41.6 Å². The van der Waals surface area contributed by atoms with E-state index in [-0.39, 0.29) is 0 Å². The first-order valence-electron chi connectivity index (χ1n) is 4.76. The van der Waals surface area contributed by atoms with Gasteiger partial charge in [-0.1, -0.05) is 0 Å². The summed E-state index contributed by atoms with van der Waals surface area (Å²) in [6.45, 7) is 0. The average molecular weight is 183 g/mol. The Balaban J connectivity index is 2.35. The summed E-state index contributed by atoms with van der Waals surface area (Å²) in [7, 11) is 0. The van der Waals surface area contributed by atoms with Crippen molar-refractivity contribution in [2.24, 2.45) is 0 Å². The van der Waals surface area contributed by atoms with Crippen LogP contribution in [0.15, 0.2) is 24.5 Å². The number of aromatic nitrogens is 2. The van der Waals surface area contributed by atoms with Crippen LogP contribution in [0.1, 0.15) is 24.4 Å². The number of nitriles is 1. The van der Waals surface area contributed by atoms with Crippen LogP contribution in [0.25, 0.3) is 11.0 Å². The van der Waals surface area contributed by atoms with Crippen molar-refractivity contribution < 1.29 is 0 Å². The Kier molecular flexibility index (Phi) is 1.40. The summed E-state index contributed by atoms with van der Waals surface area (Å²) in [5, 5.41) is 9.93. The van der Waals surface area contributed by atoms with E-state index < -0.39 is 0 Å². The van der Waals surface area contributed by atoms with Crippen LogP contribution >= 0.6 is 0 Å². The first kappa shape index (κ1) is 7.57. The number of fused-ring (bicyclic) bond motifs is 1. The number of rotatable bonds is 1. The van der Waals surface area contributed by atoms with Crippen molar-refractivity contribution in [2.75, 3.05) is 0 Å². The van der Waals surface area contributed by atoms with Crippen LogP contribution in [-0.2, 0) is 0 Å². The van der Waals surface area contributed by atoms with Gasteiger partial charge in [0.25, 0.3) is 0 Å². The maximum absolute atomic E-state index is 8.96. The highest BCUT2D eigenvalue weighted by atomic mass is 15.1. The Morgan fingerprint density at radius 2 is 2.36 bits per heavy atom. The molecule has 3 nitrogen and oxygen atoms in total. The van der Waals surface area contributed by atoms with Gasteiger partial charge in [-0.25, -0.2) is 4.98 Å². The van der Waals surface area contributed by atoms with Gasteiger partial charge in [0.2, 0.25) is 0 Å². The smallest absolute Gasteiger partial charge is 0.141 e. The normalized spacial score (nSPS) is 15.6. The highest BCUT2D eigenvalue weighted by Crippen LogP contribution is 2.38. The van der Waals surface area contributed by atoms with Gasteiger partial charge in [0, 0.05) is 23.8 Å². The maximum Gasteiger partial charge on any atom is 0.141 e. The third-order valence-corrected chi connectivity index (χ3v) is 2.65. The molecule has 3 heteroatoms. The van der Waals surface area contributed by atoms with E-state index in [0.29, 0.717) is 6.04 Å². The lowest BCUT2D eigenvalue weighted by Crippen LogP contribution is -1.91. The molecule has 2 aromatic heterocycles. The zero-order valence-corrected chi connectivity index (χ0v) is 7.64. The molecule has 1 fully saturated rings. The van der Waals surface area contributed by atoms with Crippen LogP contribution in [0.5, 0.6) is 0 Å². The fraction of sp³-hybridized carbons (Fsp3) is 0.273. The predicted octanol–water partition coefficient (Wildman–Crippen LogP) is 2.24. The fourth-order valence-electron chi connectivity index (χ4n) is 1.80. The Bertz CT molecular complexity index is 529. The van der Waals surface area contributed by atoms with Crippen molar-refractivity contribution in [3.8, 4) is 6.07 Å². The largest absolute Gasteiger partial charge is 0.328 e. The van der Waals surface area contributed by atoms with Gasteiger partial charge in [-0.05, 0) is 25.0 Å². The van der Waals surface area contributed by atoms with Crippen molar-refractivity contribution in [2.45, 2.75) is 18.9 Å². The van der Waals surface area contributed by atoms with E-state index in [1.54, 1.807) is 6.20 Å². The molecule has 0 bridgehead atoms. The van der Waals surface area contributed by atoms with Crippen LogP contribution in [-0.4, -0.2) is 9.55 Å². The molecule has 0 unspecified atom stereocenters. The van der Waals surface area contributed by atoms with Gasteiger partial charge < -0.3 is 4.57 Å². The minimum absolute atomic E-state index is 0.578. The SMILES string of the molecule is N#Cc1cn(C2CC2)c2ncccc12. The number of nitrogens with zero attached hydrogens (tertiary/aromatic N) is 3. The molecule has 1 aliphatic rings. The van der Waals surface area contributed by atoms with Gasteiger partial charge in [-0.15, -0.1) is 0 Å². The van der Waals surface area contributed by atoms with Crippen LogP contribution in [0.3, 0.4) is 0 Å². The van der Waals surface area contributed by atoms with E-state index in [4.69, 9.17) is 5.26 Å². The van der Waals surface area contributed by atoms with Gasteiger partial charge in [0.05, 0.1) is 5.56 Å². The van der Waals surface area contributed by atoms with Crippen molar-refractivity contribution >= 4 is 11.0 Å². The maximum atomic E-state index is 8.96. The molecular formula is C11H9N3. The molecule has 0 radical (unpaired) electrons. The van der Waals surface area contributed by atoms with Crippen molar-refractivity contribution in [3.63, 3.8) is 0 Å². The minimum Gasteiger partial charge on any atom is -0.328 e. The van der Waals surface area contributed by atoms with Crippen LogP contribution < -0.4 is 0 Å². The second kappa shape index (κ2) is 2.58. The average Bonchev–Trinajstić information content (AvgIpc) is 3.00. The van der Waals surface area contributed by atoms with E-state index in [1.807, 2.05) is 18.3 Å². The molecule has 2 heterocycles. The van der Waals surface area contributed by atoms with Crippen molar-refractivity contribution in [1.29, 1.82) is 5.26 Å². The van der Waals surface area contributed by atoms with Crippen molar-refractivity contribution in [1.82, 2.24) is 9.55 Å². The van der Waals surface area contributed by atoms with E-state index in [2.05, 4.69) is 15.6 Å². The van der Waals surface area contributed by atoms with E-state index in [9.17, 15) is 0 Å². The Morgan fingerprint density at radius 3 is 3.07 bits per heavy atom. The number of pyridine rings is 1. The Labute approximate surface area is 81.6 Å².